The molecule has 0 aromatic rings. The molecule has 2 unspecified atom stereocenters. The van der Waals surface area contributed by atoms with Crippen LogP contribution in [0.4, 0.5) is 4.79 Å². The van der Waals surface area contributed by atoms with E-state index in [0.29, 0.717) is 12.5 Å². The first-order valence-electron chi connectivity index (χ1n) is 6.81. The van der Waals surface area contributed by atoms with E-state index in [2.05, 4.69) is 12.0 Å². The van der Waals surface area contributed by atoms with Crippen LogP contribution in [0.3, 0.4) is 0 Å². The predicted octanol–water partition coefficient (Wildman–Crippen LogP) is 2.04. The lowest BCUT2D eigenvalue weighted by atomic mass is 9.94. The van der Waals surface area contributed by atoms with E-state index in [0.717, 1.165) is 25.0 Å². The van der Waals surface area contributed by atoms with Gasteiger partial charge >= 0.3 is 6.09 Å². The minimum absolute atomic E-state index is 0.171. The van der Waals surface area contributed by atoms with Crippen molar-refractivity contribution >= 4 is 6.09 Å². The number of rotatable bonds is 4. The van der Waals surface area contributed by atoms with Gasteiger partial charge in [-0.1, -0.05) is 5.57 Å². The lowest BCUT2D eigenvalue weighted by Gasteiger charge is -2.26. The van der Waals surface area contributed by atoms with Gasteiger partial charge in [0.05, 0.1) is 0 Å². The standard InChI is InChI=1S/C14H27N3O2/c1-10(2)8-12(16-15)11-6-7-17(9-11)13(18)19-14(3,4)5/h11-12,16H,1,6-9,15H2,2-5H3. The van der Waals surface area contributed by atoms with Crippen LogP contribution in [0.2, 0.25) is 0 Å². The lowest BCUT2D eigenvalue weighted by Crippen LogP contribution is -2.43. The maximum absolute atomic E-state index is 12.0. The summed E-state index contributed by atoms with van der Waals surface area (Å²) in [6, 6.07) is 0.171. The second-order valence-corrected chi connectivity index (χ2v) is 6.41. The van der Waals surface area contributed by atoms with Crippen molar-refractivity contribution in [2.24, 2.45) is 11.8 Å². The summed E-state index contributed by atoms with van der Waals surface area (Å²) in [4.78, 5) is 13.7. The maximum atomic E-state index is 12.0. The van der Waals surface area contributed by atoms with Gasteiger partial charge in [-0.15, -0.1) is 6.58 Å². The van der Waals surface area contributed by atoms with Crippen molar-refractivity contribution in [3.63, 3.8) is 0 Å². The van der Waals surface area contributed by atoms with E-state index in [1.165, 1.54) is 0 Å². The van der Waals surface area contributed by atoms with Crippen molar-refractivity contribution in [1.29, 1.82) is 0 Å². The summed E-state index contributed by atoms with van der Waals surface area (Å²) in [7, 11) is 0. The molecule has 0 aromatic carbocycles. The predicted molar refractivity (Wildman–Crippen MR) is 76.5 cm³/mol. The summed E-state index contributed by atoms with van der Waals surface area (Å²) in [5.41, 5.74) is 3.49. The van der Waals surface area contributed by atoms with E-state index in [1.807, 2.05) is 27.7 Å². The van der Waals surface area contributed by atoms with Gasteiger partial charge in [0.15, 0.2) is 0 Å². The molecule has 0 aromatic heterocycles. The third-order valence-corrected chi connectivity index (χ3v) is 3.23. The van der Waals surface area contributed by atoms with Crippen LogP contribution in [-0.2, 0) is 4.74 Å². The Balaban J connectivity index is 2.52. The average molecular weight is 269 g/mol. The van der Waals surface area contributed by atoms with E-state index in [4.69, 9.17) is 10.6 Å². The van der Waals surface area contributed by atoms with Gasteiger partial charge in [-0.2, -0.15) is 0 Å². The Labute approximate surface area is 116 Å². The monoisotopic (exact) mass is 269 g/mol. The van der Waals surface area contributed by atoms with Crippen molar-refractivity contribution in [3.05, 3.63) is 12.2 Å². The molecule has 1 aliphatic rings. The van der Waals surface area contributed by atoms with Crippen molar-refractivity contribution in [3.8, 4) is 0 Å². The van der Waals surface area contributed by atoms with E-state index in [1.54, 1.807) is 4.90 Å². The van der Waals surface area contributed by atoms with Crippen LogP contribution in [0, 0.1) is 5.92 Å². The van der Waals surface area contributed by atoms with Crippen LogP contribution in [0.15, 0.2) is 12.2 Å². The number of amides is 1. The zero-order chi connectivity index (χ0) is 14.6. The number of nitrogens with zero attached hydrogens (tertiary/aromatic N) is 1. The molecule has 5 nitrogen and oxygen atoms in total. The van der Waals surface area contributed by atoms with Crippen molar-refractivity contribution in [1.82, 2.24) is 10.3 Å². The molecule has 1 heterocycles. The lowest BCUT2D eigenvalue weighted by molar-refractivity contribution is 0.0285. The van der Waals surface area contributed by atoms with E-state index in [9.17, 15) is 4.79 Å². The number of hydrogen-bond acceptors (Lipinski definition) is 4. The zero-order valence-corrected chi connectivity index (χ0v) is 12.5. The molecule has 1 rings (SSSR count). The summed E-state index contributed by atoms with van der Waals surface area (Å²) < 4.78 is 5.38. The third-order valence-electron chi connectivity index (χ3n) is 3.23. The highest BCUT2D eigenvalue weighted by Gasteiger charge is 2.33. The Kier molecular flexibility index (Phi) is 5.38. The Morgan fingerprint density at radius 1 is 1.58 bits per heavy atom. The van der Waals surface area contributed by atoms with E-state index < -0.39 is 5.60 Å². The highest BCUT2D eigenvalue weighted by atomic mass is 16.6. The van der Waals surface area contributed by atoms with Gasteiger partial charge in [-0.25, -0.2) is 4.79 Å². The highest BCUT2D eigenvalue weighted by Crippen LogP contribution is 2.24. The van der Waals surface area contributed by atoms with Gasteiger partial charge in [-0.3, -0.25) is 11.3 Å². The Morgan fingerprint density at radius 3 is 2.68 bits per heavy atom. The van der Waals surface area contributed by atoms with Crippen LogP contribution < -0.4 is 11.3 Å². The number of hydrazine groups is 1. The molecule has 19 heavy (non-hydrogen) atoms. The van der Waals surface area contributed by atoms with Gasteiger partial charge < -0.3 is 9.64 Å². The van der Waals surface area contributed by atoms with Crippen molar-refractivity contribution < 1.29 is 9.53 Å². The number of nitrogens with one attached hydrogen (secondary N) is 1. The number of ether oxygens (including phenoxy) is 1. The summed E-state index contributed by atoms with van der Waals surface area (Å²) in [6.07, 6.45) is 1.55. The van der Waals surface area contributed by atoms with Gasteiger partial charge in [0.25, 0.3) is 0 Å². The van der Waals surface area contributed by atoms with E-state index >= 15 is 0 Å². The molecule has 1 amide bonds. The highest BCUT2D eigenvalue weighted by molar-refractivity contribution is 5.68. The first-order valence-corrected chi connectivity index (χ1v) is 6.81. The van der Waals surface area contributed by atoms with Crippen LogP contribution in [0.1, 0.15) is 40.5 Å². The normalized spacial score (nSPS) is 21.3. The summed E-state index contributed by atoms with van der Waals surface area (Å²) in [6.45, 7) is 13.0. The minimum Gasteiger partial charge on any atom is -0.444 e. The molecule has 5 heteroatoms. The van der Waals surface area contributed by atoms with Gasteiger partial charge in [0, 0.05) is 19.1 Å². The minimum atomic E-state index is -0.446. The number of carbonyl (C=O) groups is 1. The second kappa shape index (κ2) is 6.39. The fourth-order valence-electron chi connectivity index (χ4n) is 2.35. The summed E-state index contributed by atoms with van der Waals surface area (Å²) in [5, 5.41) is 0. The quantitative estimate of drug-likeness (QED) is 0.465. The SMILES string of the molecule is C=C(C)CC(NN)C1CCN(C(=O)OC(C)(C)C)C1. The van der Waals surface area contributed by atoms with Gasteiger partial charge in [0.2, 0.25) is 0 Å². The molecule has 1 saturated heterocycles. The fraction of sp³-hybridized carbons (Fsp3) is 0.786. The molecule has 0 bridgehead atoms. The van der Waals surface area contributed by atoms with Crippen LogP contribution >= 0.6 is 0 Å². The summed E-state index contributed by atoms with van der Waals surface area (Å²) in [5.74, 6) is 5.95. The van der Waals surface area contributed by atoms with E-state index in [-0.39, 0.29) is 12.1 Å². The van der Waals surface area contributed by atoms with Crippen LogP contribution in [0.5, 0.6) is 0 Å². The molecule has 1 aliphatic heterocycles. The van der Waals surface area contributed by atoms with Crippen LogP contribution in [0.25, 0.3) is 0 Å². The van der Waals surface area contributed by atoms with Crippen LogP contribution in [-0.4, -0.2) is 35.7 Å². The zero-order valence-electron chi connectivity index (χ0n) is 12.5. The fourth-order valence-corrected chi connectivity index (χ4v) is 2.35. The third kappa shape index (κ3) is 5.20. The number of carbonyl (C=O) groups excluding carboxylic acids is 1. The molecule has 1 fully saturated rings. The van der Waals surface area contributed by atoms with Crippen molar-refractivity contribution in [2.75, 3.05) is 13.1 Å². The molecular formula is C14H27N3O2. The molecule has 0 aliphatic carbocycles. The first kappa shape index (κ1) is 16.0. The van der Waals surface area contributed by atoms with Crippen molar-refractivity contribution in [2.45, 2.75) is 52.2 Å². The molecule has 0 radical (unpaired) electrons. The number of hydrogen-bond donors (Lipinski definition) is 2. The summed E-state index contributed by atoms with van der Waals surface area (Å²) >= 11 is 0. The topological polar surface area (TPSA) is 67.6 Å². The molecule has 3 N–H and O–H groups in total. The molecule has 2 atom stereocenters. The Hall–Kier alpha value is -1.07. The smallest absolute Gasteiger partial charge is 0.410 e. The molecular weight excluding hydrogens is 242 g/mol. The van der Waals surface area contributed by atoms with Gasteiger partial charge in [-0.05, 0) is 46.5 Å². The van der Waals surface area contributed by atoms with Gasteiger partial charge in [0.1, 0.15) is 5.60 Å². The molecule has 110 valence electrons. The number of nitrogens with two attached hydrogens (primary N) is 1. The molecule has 0 saturated carbocycles. The number of likely N-dealkylation sites (tertiary alicyclic amines) is 1. The first-order chi connectivity index (χ1) is 8.73. The second-order valence-electron chi connectivity index (χ2n) is 6.41. The average Bonchev–Trinajstić information content (AvgIpc) is 2.72. The largest absolute Gasteiger partial charge is 0.444 e. The maximum Gasteiger partial charge on any atom is 0.410 e. The molecule has 0 spiro atoms. The Morgan fingerprint density at radius 2 is 2.21 bits per heavy atom. The Bertz CT molecular complexity index is 336.